The number of halogens is 1. The second-order valence-corrected chi connectivity index (χ2v) is 7.92. The molecule has 1 rings (SSSR count). The molecule has 0 heterocycles. The van der Waals surface area contributed by atoms with Gasteiger partial charge >= 0.3 is 0 Å². The lowest BCUT2D eigenvalue weighted by Gasteiger charge is -2.25. The first kappa shape index (κ1) is 12.5. The average Bonchev–Trinajstić information content (AvgIpc) is 2.15. The third-order valence-electron chi connectivity index (χ3n) is 3.00. The molecule has 14 heavy (non-hydrogen) atoms. The van der Waals surface area contributed by atoms with Crippen LogP contribution < -0.4 is 0 Å². The number of alkyl halides is 1. The van der Waals surface area contributed by atoms with Gasteiger partial charge in [-0.05, 0) is 25.2 Å². The molecule has 84 valence electrons. The first-order valence-electron chi connectivity index (χ1n) is 5.38. The molecule has 0 aromatic heterocycles. The molecule has 2 unspecified atom stereocenters. The Kier molecular flexibility index (Phi) is 4.91. The van der Waals surface area contributed by atoms with Crippen LogP contribution in [0.3, 0.4) is 0 Å². The molecule has 0 spiro atoms. The molecule has 0 amide bonds. The molecule has 0 radical (unpaired) electrons. The van der Waals surface area contributed by atoms with Gasteiger partial charge in [-0.15, -0.1) is 0 Å². The average molecular weight is 283 g/mol. The Labute approximate surface area is 95.5 Å². The molecule has 2 atom stereocenters. The van der Waals surface area contributed by atoms with Crippen LogP contribution in [0.1, 0.15) is 39.0 Å². The van der Waals surface area contributed by atoms with Gasteiger partial charge in [0.1, 0.15) is 9.84 Å². The van der Waals surface area contributed by atoms with Gasteiger partial charge in [-0.2, -0.15) is 0 Å². The van der Waals surface area contributed by atoms with Crippen molar-refractivity contribution in [2.24, 2.45) is 5.92 Å². The third kappa shape index (κ3) is 4.30. The largest absolute Gasteiger partial charge is 0.229 e. The fourth-order valence-corrected chi connectivity index (χ4v) is 3.81. The van der Waals surface area contributed by atoms with Crippen molar-refractivity contribution in [1.82, 2.24) is 0 Å². The minimum atomic E-state index is -2.75. The molecule has 1 aliphatic rings. The number of hydrogen-bond donors (Lipinski definition) is 0. The van der Waals surface area contributed by atoms with Gasteiger partial charge in [-0.1, -0.05) is 35.7 Å². The summed E-state index contributed by atoms with van der Waals surface area (Å²) in [6.07, 6.45) is 5.71. The fourth-order valence-electron chi connectivity index (χ4n) is 1.98. The van der Waals surface area contributed by atoms with Crippen LogP contribution in [-0.2, 0) is 9.84 Å². The Balaban J connectivity index is 2.31. The minimum absolute atomic E-state index is 0.289. The van der Waals surface area contributed by atoms with Crippen LogP contribution in [0, 0.1) is 5.92 Å². The summed E-state index contributed by atoms with van der Waals surface area (Å²) in [7, 11) is -2.75. The molecule has 0 aromatic rings. The summed E-state index contributed by atoms with van der Waals surface area (Å²) in [5.74, 6) is 1.29. The van der Waals surface area contributed by atoms with Gasteiger partial charge in [0.15, 0.2) is 0 Å². The minimum Gasteiger partial charge on any atom is -0.229 e. The summed E-state index contributed by atoms with van der Waals surface area (Å²) in [4.78, 5) is 0.616. The Hall–Kier alpha value is 0.430. The molecule has 0 aliphatic heterocycles. The highest BCUT2D eigenvalue weighted by atomic mass is 79.9. The van der Waals surface area contributed by atoms with Crippen molar-refractivity contribution in [3.8, 4) is 0 Å². The molecular weight excluding hydrogens is 264 g/mol. The zero-order chi connectivity index (χ0) is 10.6. The van der Waals surface area contributed by atoms with Gasteiger partial charge in [0, 0.05) is 10.6 Å². The number of sulfone groups is 1. The summed E-state index contributed by atoms with van der Waals surface area (Å²) >= 11 is 3.62. The van der Waals surface area contributed by atoms with E-state index < -0.39 is 9.84 Å². The van der Waals surface area contributed by atoms with Gasteiger partial charge in [0.05, 0.1) is 5.75 Å². The fraction of sp³-hybridized carbons (Fsp3) is 1.00. The van der Waals surface area contributed by atoms with Gasteiger partial charge < -0.3 is 0 Å². The Bertz CT molecular complexity index is 261. The van der Waals surface area contributed by atoms with E-state index in [1.54, 1.807) is 6.92 Å². The molecule has 0 aromatic carbocycles. The van der Waals surface area contributed by atoms with E-state index in [1.165, 1.54) is 19.3 Å². The molecule has 4 heteroatoms. The van der Waals surface area contributed by atoms with Crippen molar-refractivity contribution in [2.45, 2.75) is 43.9 Å². The smallest absolute Gasteiger partial charge is 0.150 e. The molecular formula is C10H19BrO2S. The third-order valence-corrected chi connectivity index (χ3v) is 5.56. The maximum atomic E-state index is 11.3. The monoisotopic (exact) mass is 282 g/mol. The lowest BCUT2D eigenvalue weighted by Crippen LogP contribution is -2.19. The lowest BCUT2D eigenvalue weighted by atomic mass is 9.87. The van der Waals surface area contributed by atoms with Gasteiger partial charge in [-0.3, -0.25) is 0 Å². The summed E-state index contributed by atoms with van der Waals surface area (Å²) < 4.78 is 22.6. The van der Waals surface area contributed by atoms with Crippen LogP contribution in [0.25, 0.3) is 0 Å². The lowest BCUT2D eigenvalue weighted by molar-refractivity contribution is 0.360. The van der Waals surface area contributed by atoms with E-state index in [9.17, 15) is 8.42 Å². The maximum Gasteiger partial charge on any atom is 0.150 e. The molecule has 1 fully saturated rings. The predicted octanol–water partition coefficient (Wildman–Crippen LogP) is 2.76. The van der Waals surface area contributed by atoms with Crippen molar-refractivity contribution >= 4 is 25.8 Å². The number of hydrogen-bond acceptors (Lipinski definition) is 2. The highest BCUT2D eigenvalue weighted by Crippen LogP contribution is 2.31. The van der Waals surface area contributed by atoms with Crippen molar-refractivity contribution in [2.75, 3.05) is 11.5 Å². The zero-order valence-electron chi connectivity index (χ0n) is 8.71. The van der Waals surface area contributed by atoms with Crippen molar-refractivity contribution in [3.05, 3.63) is 0 Å². The first-order chi connectivity index (χ1) is 6.53. The Morgan fingerprint density at radius 1 is 1.36 bits per heavy atom. The van der Waals surface area contributed by atoms with Crippen molar-refractivity contribution < 1.29 is 8.42 Å². The SMILES string of the molecule is CCS(=O)(=O)CCC1CCCC(Br)C1. The summed E-state index contributed by atoms with van der Waals surface area (Å²) in [6, 6.07) is 0. The van der Waals surface area contributed by atoms with Crippen LogP contribution in [0.4, 0.5) is 0 Å². The van der Waals surface area contributed by atoms with E-state index in [1.807, 2.05) is 0 Å². The second kappa shape index (κ2) is 5.50. The summed E-state index contributed by atoms with van der Waals surface area (Å²) in [5.41, 5.74) is 0. The number of rotatable bonds is 4. The zero-order valence-corrected chi connectivity index (χ0v) is 11.1. The predicted molar refractivity (Wildman–Crippen MR) is 63.6 cm³/mol. The van der Waals surface area contributed by atoms with E-state index in [-0.39, 0.29) is 5.75 Å². The molecule has 0 N–H and O–H groups in total. The van der Waals surface area contributed by atoms with E-state index in [2.05, 4.69) is 15.9 Å². The molecule has 1 aliphatic carbocycles. The molecule has 0 bridgehead atoms. The van der Waals surface area contributed by atoms with Crippen LogP contribution in [0.2, 0.25) is 0 Å². The van der Waals surface area contributed by atoms with Crippen molar-refractivity contribution in [3.63, 3.8) is 0 Å². The van der Waals surface area contributed by atoms with Gasteiger partial charge in [-0.25, -0.2) is 8.42 Å². The van der Waals surface area contributed by atoms with E-state index in [0.29, 0.717) is 16.5 Å². The van der Waals surface area contributed by atoms with Crippen LogP contribution in [0.15, 0.2) is 0 Å². The Morgan fingerprint density at radius 3 is 2.64 bits per heavy atom. The first-order valence-corrected chi connectivity index (χ1v) is 8.11. The Morgan fingerprint density at radius 2 is 2.07 bits per heavy atom. The van der Waals surface area contributed by atoms with E-state index in [0.717, 1.165) is 12.8 Å². The van der Waals surface area contributed by atoms with Crippen LogP contribution in [0.5, 0.6) is 0 Å². The van der Waals surface area contributed by atoms with Gasteiger partial charge in [0.2, 0.25) is 0 Å². The highest BCUT2D eigenvalue weighted by molar-refractivity contribution is 9.09. The van der Waals surface area contributed by atoms with E-state index in [4.69, 9.17) is 0 Å². The quantitative estimate of drug-likeness (QED) is 0.743. The topological polar surface area (TPSA) is 34.1 Å². The molecule has 1 saturated carbocycles. The summed E-state index contributed by atoms with van der Waals surface area (Å²) in [5, 5.41) is 0. The van der Waals surface area contributed by atoms with Gasteiger partial charge in [0.25, 0.3) is 0 Å². The van der Waals surface area contributed by atoms with Crippen LogP contribution in [-0.4, -0.2) is 24.8 Å². The second-order valence-electron chi connectivity index (χ2n) is 4.15. The highest BCUT2D eigenvalue weighted by Gasteiger charge is 2.21. The van der Waals surface area contributed by atoms with Crippen molar-refractivity contribution in [1.29, 1.82) is 0 Å². The molecule has 0 saturated heterocycles. The standard InChI is InChI=1S/C10H19BrO2S/c1-2-14(12,13)7-6-9-4-3-5-10(11)8-9/h9-10H,2-8H2,1H3. The van der Waals surface area contributed by atoms with Crippen LogP contribution >= 0.6 is 15.9 Å². The maximum absolute atomic E-state index is 11.3. The molecule has 2 nitrogen and oxygen atoms in total. The normalized spacial score (nSPS) is 29.0. The van der Waals surface area contributed by atoms with E-state index >= 15 is 0 Å². The summed E-state index contributed by atoms with van der Waals surface area (Å²) in [6.45, 7) is 1.73.